The van der Waals surface area contributed by atoms with Gasteiger partial charge in [0.2, 0.25) is 0 Å². The van der Waals surface area contributed by atoms with E-state index in [2.05, 4.69) is 17.5 Å². The summed E-state index contributed by atoms with van der Waals surface area (Å²) in [4.78, 5) is 12.2. The molecule has 1 N–H and O–H groups in total. The molecule has 3 atom stereocenters. The molecule has 0 fully saturated rings. The number of fused-ring (bicyclic) bond motifs is 3. The smallest absolute Gasteiger partial charge is 0.338 e. The van der Waals surface area contributed by atoms with Crippen LogP contribution in [0.1, 0.15) is 39.9 Å². The summed E-state index contributed by atoms with van der Waals surface area (Å²) in [7, 11) is 1.40. The summed E-state index contributed by atoms with van der Waals surface area (Å²) >= 11 is 12.5. The van der Waals surface area contributed by atoms with Gasteiger partial charge in [0.15, 0.2) is 0 Å². The summed E-state index contributed by atoms with van der Waals surface area (Å²) in [5, 5.41) is 4.90. The second-order valence-electron chi connectivity index (χ2n) is 6.40. The summed E-state index contributed by atoms with van der Waals surface area (Å²) in [5.41, 5.74) is 3.49. The fourth-order valence-corrected chi connectivity index (χ4v) is 4.31. The molecular weight excluding hydrogens is 357 g/mol. The fraction of sp³-hybridized carbons (Fsp3) is 0.250. The maximum atomic E-state index is 12.2. The molecule has 0 unspecified atom stereocenters. The molecule has 0 radical (unpaired) electrons. The minimum atomic E-state index is -0.335. The zero-order valence-electron chi connectivity index (χ0n) is 13.6. The highest BCUT2D eigenvalue weighted by molar-refractivity contribution is 6.33. The van der Waals surface area contributed by atoms with Crippen LogP contribution in [0.3, 0.4) is 0 Å². The van der Waals surface area contributed by atoms with E-state index in [1.54, 1.807) is 12.1 Å². The van der Waals surface area contributed by atoms with E-state index >= 15 is 0 Å². The van der Waals surface area contributed by atoms with Crippen LogP contribution in [0.25, 0.3) is 0 Å². The van der Waals surface area contributed by atoms with Crippen molar-refractivity contribution in [3.05, 3.63) is 75.3 Å². The number of halogens is 2. The maximum Gasteiger partial charge on any atom is 0.338 e. The number of rotatable bonds is 2. The number of nitrogens with one attached hydrogen (secondary N) is 1. The highest BCUT2D eigenvalue weighted by Crippen LogP contribution is 2.52. The lowest BCUT2D eigenvalue weighted by Gasteiger charge is -2.38. The molecule has 0 amide bonds. The molecule has 3 nitrogen and oxygen atoms in total. The number of allylic oxidation sites excluding steroid dienone is 2. The minimum Gasteiger partial charge on any atom is -0.465 e. The Balaban J connectivity index is 1.85. The molecule has 5 heteroatoms. The average molecular weight is 374 g/mol. The van der Waals surface area contributed by atoms with E-state index in [1.165, 1.54) is 7.11 Å². The monoisotopic (exact) mass is 373 g/mol. The van der Waals surface area contributed by atoms with Crippen LogP contribution >= 0.6 is 23.2 Å². The van der Waals surface area contributed by atoms with Crippen molar-refractivity contribution in [2.24, 2.45) is 5.92 Å². The number of methoxy groups -OCH3 is 1. The number of hydrogen-bond donors (Lipinski definition) is 1. The second-order valence-corrected chi connectivity index (χ2v) is 7.25. The lowest BCUT2D eigenvalue weighted by atomic mass is 9.75. The Morgan fingerprint density at radius 3 is 2.64 bits per heavy atom. The van der Waals surface area contributed by atoms with E-state index in [-0.39, 0.29) is 17.9 Å². The predicted molar refractivity (Wildman–Crippen MR) is 101 cm³/mol. The molecule has 0 aromatic heterocycles. The Labute approximate surface area is 156 Å². The van der Waals surface area contributed by atoms with Gasteiger partial charge < -0.3 is 10.1 Å². The van der Waals surface area contributed by atoms with Crippen LogP contribution in [0.2, 0.25) is 10.0 Å². The van der Waals surface area contributed by atoms with Gasteiger partial charge in [0.1, 0.15) is 0 Å². The molecule has 2 aromatic carbocycles. The van der Waals surface area contributed by atoms with E-state index in [0.717, 1.165) is 23.2 Å². The zero-order chi connectivity index (χ0) is 17.6. The van der Waals surface area contributed by atoms with Crippen LogP contribution in [-0.4, -0.2) is 13.1 Å². The number of esters is 1. The Bertz CT molecular complexity index is 861. The molecule has 128 valence electrons. The first-order valence-electron chi connectivity index (χ1n) is 8.19. The molecule has 0 spiro atoms. The molecule has 0 saturated carbocycles. The SMILES string of the molecule is COC(=O)c1ccc(Cl)c2c1[C@@H]1C=CC[C@@H]1[C@@H](c1ccc(Cl)cc1)N2. The molecule has 1 aliphatic carbocycles. The third-order valence-electron chi connectivity index (χ3n) is 5.10. The van der Waals surface area contributed by atoms with Crippen LogP contribution in [0.5, 0.6) is 0 Å². The van der Waals surface area contributed by atoms with Crippen molar-refractivity contribution in [2.75, 3.05) is 12.4 Å². The van der Waals surface area contributed by atoms with Crippen molar-refractivity contribution in [3.8, 4) is 0 Å². The van der Waals surface area contributed by atoms with Crippen molar-refractivity contribution < 1.29 is 9.53 Å². The summed E-state index contributed by atoms with van der Waals surface area (Å²) in [6.45, 7) is 0. The van der Waals surface area contributed by atoms with Crippen LogP contribution in [0.15, 0.2) is 48.6 Å². The molecule has 25 heavy (non-hydrogen) atoms. The minimum absolute atomic E-state index is 0.107. The first-order chi connectivity index (χ1) is 12.1. The summed E-state index contributed by atoms with van der Waals surface area (Å²) in [6.07, 6.45) is 5.30. The van der Waals surface area contributed by atoms with Gasteiger partial charge in [-0.15, -0.1) is 0 Å². The maximum absolute atomic E-state index is 12.2. The van der Waals surface area contributed by atoms with E-state index in [4.69, 9.17) is 27.9 Å². The first kappa shape index (κ1) is 16.5. The Hall–Kier alpha value is -1.97. The number of carbonyl (C=O) groups is 1. The van der Waals surface area contributed by atoms with Gasteiger partial charge in [-0.05, 0) is 47.7 Å². The molecule has 1 aliphatic heterocycles. The van der Waals surface area contributed by atoms with Gasteiger partial charge >= 0.3 is 5.97 Å². The summed E-state index contributed by atoms with van der Waals surface area (Å²) in [5.74, 6) is 0.110. The number of ether oxygens (including phenoxy) is 1. The number of carbonyl (C=O) groups excluding carboxylic acids is 1. The van der Waals surface area contributed by atoms with Gasteiger partial charge in [-0.1, -0.05) is 47.5 Å². The van der Waals surface area contributed by atoms with Crippen molar-refractivity contribution >= 4 is 34.9 Å². The molecular formula is C20H17Cl2NO2. The largest absolute Gasteiger partial charge is 0.465 e. The summed E-state index contributed by atoms with van der Waals surface area (Å²) in [6, 6.07) is 11.5. The Kier molecular flexibility index (Phi) is 4.22. The topological polar surface area (TPSA) is 38.3 Å². The Morgan fingerprint density at radius 2 is 1.92 bits per heavy atom. The third-order valence-corrected chi connectivity index (χ3v) is 5.67. The molecule has 0 saturated heterocycles. The van der Waals surface area contributed by atoms with Crippen molar-refractivity contribution in [1.29, 1.82) is 0 Å². The van der Waals surface area contributed by atoms with E-state index in [0.29, 0.717) is 21.5 Å². The van der Waals surface area contributed by atoms with E-state index in [9.17, 15) is 4.79 Å². The molecule has 0 bridgehead atoms. The Morgan fingerprint density at radius 1 is 1.16 bits per heavy atom. The van der Waals surface area contributed by atoms with Gasteiger partial charge in [0.05, 0.1) is 29.4 Å². The second kappa shape index (κ2) is 6.40. The quantitative estimate of drug-likeness (QED) is 0.549. The molecule has 2 aliphatic rings. The third kappa shape index (κ3) is 2.72. The lowest BCUT2D eigenvalue weighted by molar-refractivity contribution is 0.0598. The molecule has 4 rings (SSSR count). The average Bonchev–Trinajstić information content (AvgIpc) is 3.11. The normalized spacial score (nSPS) is 23.6. The summed E-state index contributed by atoms with van der Waals surface area (Å²) < 4.78 is 4.97. The number of benzene rings is 2. The van der Waals surface area contributed by atoms with Gasteiger partial charge in [-0.25, -0.2) is 4.79 Å². The van der Waals surface area contributed by atoms with Crippen molar-refractivity contribution in [1.82, 2.24) is 0 Å². The van der Waals surface area contributed by atoms with Gasteiger partial charge in [-0.2, -0.15) is 0 Å². The predicted octanol–water partition coefficient (Wildman–Crippen LogP) is 5.61. The van der Waals surface area contributed by atoms with Crippen LogP contribution in [-0.2, 0) is 4.74 Å². The van der Waals surface area contributed by atoms with Crippen molar-refractivity contribution in [3.63, 3.8) is 0 Å². The standard InChI is InChI=1S/C20H17Cl2NO2/c1-25-20(24)15-9-10-16(22)19-17(15)13-3-2-4-14(13)18(23-19)11-5-7-12(21)8-6-11/h2-3,5-10,13-14,18,23H,4H2,1H3/t13-,14+,18-/m1/s1. The van der Waals surface area contributed by atoms with Gasteiger partial charge in [0.25, 0.3) is 0 Å². The highest BCUT2D eigenvalue weighted by Gasteiger charge is 2.40. The lowest BCUT2D eigenvalue weighted by Crippen LogP contribution is -2.30. The zero-order valence-corrected chi connectivity index (χ0v) is 15.1. The molecule has 1 heterocycles. The van der Waals surface area contributed by atoms with Crippen LogP contribution < -0.4 is 5.32 Å². The van der Waals surface area contributed by atoms with E-state index in [1.807, 2.05) is 24.3 Å². The van der Waals surface area contributed by atoms with Crippen molar-refractivity contribution in [2.45, 2.75) is 18.4 Å². The van der Waals surface area contributed by atoms with Gasteiger partial charge in [-0.3, -0.25) is 0 Å². The van der Waals surface area contributed by atoms with Crippen LogP contribution in [0.4, 0.5) is 5.69 Å². The molecule has 2 aromatic rings. The number of hydrogen-bond acceptors (Lipinski definition) is 3. The number of anilines is 1. The van der Waals surface area contributed by atoms with Gasteiger partial charge in [0, 0.05) is 10.9 Å². The van der Waals surface area contributed by atoms with E-state index < -0.39 is 0 Å². The highest BCUT2D eigenvalue weighted by atomic mass is 35.5. The van der Waals surface area contributed by atoms with Crippen LogP contribution in [0, 0.1) is 5.92 Å². The fourth-order valence-electron chi connectivity index (χ4n) is 3.96. The first-order valence-corrected chi connectivity index (χ1v) is 8.95.